The van der Waals surface area contributed by atoms with Crippen molar-refractivity contribution in [3.8, 4) is 5.75 Å². The van der Waals surface area contributed by atoms with Crippen LogP contribution >= 0.6 is 0 Å². The van der Waals surface area contributed by atoms with Crippen molar-refractivity contribution in [2.75, 3.05) is 0 Å². The predicted molar refractivity (Wildman–Crippen MR) is 105 cm³/mol. The average Bonchev–Trinajstić information content (AvgIpc) is 3.08. The number of hydrogen-bond acceptors (Lipinski definition) is 5. The fraction of sp³-hybridized carbons (Fsp3) is 0.571. The van der Waals surface area contributed by atoms with Crippen molar-refractivity contribution in [2.24, 2.45) is 0 Å². The van der Waals surface area contributed by atoms with Gasteiger partial charge in [-0.1, -0.05) is 24.2 Å². The minimum absolute atomic E-state index is 0.0680. The standard InChI is InChI=1S/C21H31N3O3/c1-5-19-23-21(27-24-19)8-6-7-20(25)22-16(4)9-10-17-11-13-18(14-12-17)26-15(2)3/h11-16H,5-10H2,1-4H3,(H,22,25). The van der Waals surface area contributed by atoms with Gasteiger partial charge in [0.25, 0.3) is 0 Å². The minimum atomic E-state index is 0.0680. The molecule has 0 aliphatic carbocycles. The van der Waals surface area contributed by atoms with E-state index >= 15 is 0 Å². The molecule has 0 fully saturated rings. The van der Waals surface area contributed by atoms with Crippen LogP contribution < -0.4 is 10.1 Å². The van der Waals surface area contributed by atoms with Crippen LogP contribution in [0.3, 0.4) is 0 Å². The van der Waals surface area contributed by atoms with Crippen LogP contribution in [0.15, 0.2) is 28.8 Å². The Hall–Kier alpha value is -2.37. The first-order valence-electron chi connectivity index (χ1n) is 9.82. The second kappa shape index (κ2) is 10.7. The largest absolute Gasteiger partial charge is 0.491 e. The molecule has 0 aliphatic rings. The maximum absolute atomic E-state index is 12.1. The molecule has 2 aromatic rings. The Morgan fingerprint density at radius 3 is 2.56 bits per heavy atom. The smallest absolute Gasteiger partial charge is 0.226 e. The summed E-state index contributed by atoms with van der Waals surface area (Å²) in [6, 6.07) is 8.31. The van der Waals surface area contributed by atoms with Crippen molar-refractivity contribution in [1.82, 2.24) is 15.5 Å². The van der Waals surface area contributed by atoms with Gasteiger partial charge >= 0.3 is 0 Å². The molecular weight excluding hydrogens is 342 g/mol. The van der Waals surface area contributed by atoms with Gasteiger partial charge in [-0.3, -0.25) is 4.79 Å². The molecule has 1 heterocycles. The molecule has 1 amide bonds. The third-order valence-electron chi connectivity index (χ3n) is 4.19. The van der Waals surface area contributed by atoms with Crippen LogP contribution in [0.2, 0.25) is 0 Å². The Morgan fingerprint density at radius 2 is 1.93 bits per heavy atom. The van der Waals surface area contributed by atoms with Crippen molar-refractivity contribution in [3.63, 3.8) is 0 Å². The predicted octanol–water partition coefficient (Wildman–Crippen LogP) is 3.88. The normalized spacial score (nSPS) is 12.2. The van der Waals surface area contributed by atoms with Gasteiger partial charge in [0.15, 0.2) is 5.82 Å². The number of amides is 1. The highest BCUT2D eigenvalue weighted by molar-refractivity contribution is 5.76. The van der Waals surface area contributed by atoms with Gasteiger partial charge < -0.3 is 14.6 Å². The molecule has 1 aromatic heterocycles. The summed E-state index contributed by atoms with van der Waals surface area (Å²) in [7, 11) is 0. The molecule has 2 rings (SSSR count). The summed E-state index contributed by atoms with van der Waals surface area (Å²) in [6.07, 6.45) is 4.58. The van der Waals surface area contributed by atoms with E-state index in [4.69, 9.17) is 9.26 Å². The second-order valence-electron chi connectivity index (χ2n) is 7.13. The van der Waals surface area contributed by atoms with E-state index in [2.05, 4.69) is 27.6 Å². The summed E-state index contributed by atoms with van der Waals surface area (Å²) in [5, 5.41) is 6.92. The summed E-state index contributed by atoms with van der Waals surface area (Å²) >= 11 is 0. The fourth-order valence-corrected chi connectivity index (χ4v) is 2.74. The third-order valence-corrected chi connectivity index (χ3v) is 4.19. The van der Waals surface area contributed by atoms with E-state index in [9.17, 15) is 4.79 Å². The van der Waals surface area contributed by atoms with E-state index in [1.54, 1.807) is 0 Å². The van der Waals surface area contributed by atoms with Crippen LogP contribution in [0.5, 0.6) is 5.75 Å². The molecule has 1 unspecified atom stereocenters. The van der Waals surface area contributed by atoms with Gasteiger partial charge in [-0.15, -0.1) is 0 Å². The van der Waals surface area contributed by atoms with E-state index in [0.29, 0.717) is 31.0 Å². The molecule has 0 radical (unpaired) electrons. The van der Waals surface area contributed by atoms with Crippen LogP contribution in [-0.4, -0.2) is 28.2 Å². The van der Waals surface area contributed by atoms with E-state index in [0.717, 1.165) is 25.0 Å². The Morgan fingerprint density at radius 1 is 1.19 bits per heavy atom. The first kappa shape index (κ1) is 20.9. The number of nitrogens with zero attached hydrogens (tertiary/aromatic N) is 2. The highest BCUT2D eigenvalue weighted by Gasteiger charge is 2.10. The molecule has 1 aromatic carbocycles. The lowest BCUT2D eigenvalue weighted by molar-refractivity contribution is -0.121. The maximum atomic E-state index is 12.1. The van der Waals surface area contributed by atoms with Gasteiger partial charge in [0, 0.05) is 25.3 Å². The Bertz CT molecular complexity index is 695. The van der Waals surface area contributed by atoms with Gasteiger partial charge in [-0.25, -0.2) is 0 Å². The van der Waals surface area contributed by atoms with E-state index < -0.39 is 0 Å². The lowest BCUT2D eigenvalue weighted by Gasteiger charge is -2.14. The molecular formula is C21H31N3O3. The summed E-state index contributed by atoms with van der Waals surface area (Å²) in [4.78, 5) is 16.3. The van der Waals surface area contributed by atoms with Crippen LogP contribution in [0.1, 0.15) is 64.2 Å². The summed E-state index contributed by atoms with van der Waals surface area (Å²) < 4.78 is 10.8. The number of aryl methyl sites for hydroxylation is 3. The second-order valence-corrected chi connectivity index (χ2v) is 7.13. The fourth-order valence-electron chi connectivity index (χ4n) is 2.74. The van der Waals surface area contributed by atoms with Gasteiger partial charge in [0.2, 0.25) is 11.8 Å². The van der Waals surface area contributed by atoms with E-state index in [-0.39, 0.29) is 18.1 Å². The van der Waals surface area contributed by atoms with Gasteiger partial charge in [0.05, 0.1) is 6.10 Å². The number of rotatable bonds is 11. The molecule has 0 bridgehead atoms. The maximum Gasteiger partial charge on any atom is 0.226 e. The lowest BCUT2D eigenvalue weighted by Crippen LogP contribution is -2.32. The number of ether oxygens (including phenoxy) is 1. The zero-order valence-corrected chi connectivity index (χ0v) is 16.8. The molecule has 27 heavy (non-hydrogen) atoms. The number of benzene rings is 1. The first-order chi connectivity index (χ1) is 13.0. The van der Waals surface area contributed by atoms with Gasteiger partial charge in [-0.2, -0.15) is 4.98 Å². The van der Waals surface area contributed by atoms with Gasteiger partial charge in [-0.05, 0) is 57.7 Å². The lowest BCUT2D eigenvalue weighted by atomic mass is 10.1. The van der Waals surface area contributed by atoms with Crippen molar-refractivity contribution >= 4 is 5.91 Å². The molecule has 1 N–H and O–H groups in total. The minimum Gasteiger partial charge on any atom is -0.491 e. The number of aromatic nitrogens is 2. The molecule has 148 valence electrons. The third kappa shape index (κ3) is 7.81. The molecule has 0 saturated carbocycles. The molecule has 1 atom stereocenters. The van der Waals surface area contributed by atoms with E-state index in [1.165, 1.54) is 5.56 Å². The molecule has 0 spiro atoms. The van der Waals surface area contributed by atoms with Crippen molar-refractivity contribution in [1.29, 1.82) is 0 Å². The van der Waals surface area contributed by atoms with Crippen molar-refractivity contribution in [2.45, 2.75) is 78.4 Å². The zero-order valence-electron chi connectivity index (χ0n) is 16.8. The molecule has 6 nitrogen and oxygen atoms in total. The Kier molecular flexibility index (Phi) is 8.30. The van der Waals surface area contributed by atoms with E-state index in [1.807, 2.05) is 39.8 Å². The Balaban J connectivity index is 1.64. The van der Waals surface area contributed by atoms with Crippen LogP contribution in [-0.2, 0) is 24.1 Å². The molecule has 6 heteroatoms. The van der Waals surface area contributed by atoms with Crippen LogP contribution in [0, 0.1) is 0 Å². The average molecular weight is 373 g/mol. The Labute approximate surface area is 161 Å². The number of hydrogen-bond donors (Lipinski definition) is 1. The van der Waals surface area contributed by atoms with Crippen molar-refractivity contribution < 1.29 is 14.1 Å². The number of carbonyl (C=O) groups excluding carboxylic acids is 1. The SMILES string of the molecule is CCc1noc(CCCC(=O)NC(C)CCc2ccc(OC(C)C)cc2)n1. The van der Waals surface area contributed by atoms with Crippen LogP contribution in [0.25, 0.3) is 0 Å². The highest BCUT2D eigenvalue weighted by atomic mass is 16.5. The number of carbonyl (C=O) groups is 1. The quantitative estimate of drug-likeness (QED) is 0.647. The summed E-state index contributed by atoms with van der Waals surface area (Å²) in [6.45, 7) is 8.06. The summed E-state index contributed by atoms with van der Waals surface area (Å²) in [5.74, 6) is 2.28. The molecule has 0 saturated heterocycles. The molecule has 0 aliphatic heterocycles. The van der Waals surface area contributed by atoms with Crippen LogP contribution in [0.4, 0.5) is 0 Å². The van der Waals surface area contributed by atoms with Gasteiger partial charge in [0.1, 0.15) is 5.75 Å². The monoisotopic (exact) mass is 373 g/mol. The van der Waals surface area contributed by atoms with Crippen molar-refractivity contribution in [3.05, 3.63) is 41.5 Å². The first-order valence-corrected chi connectivity index (χ1v) is 9.82. The number of nitrogens with one attached hydrogen (secondary N) is 1. The summed E-state index contributed by atoms with van der Waals surface area (Å²) in [5.41, 5.74) is 1.25. The zero-order chi connectivity index (χ0) is 19.6. The highest BCUT2D eigenvalue weighted by Crippen LogP contribution is 2.15. The topological polar surface area (TPSA) is 77.2 Å².